The van der Waals surface area contributed by atoms with Crippen LogP contribution < -0.4 is 4.74 Å². The fourth-order valence-corrected chi connectivity index (χ4v) is 4.08. The maximum Gasteiger partial charge on any atom is 0.262 e. The summed E-state index contributed by atoms with van der Waals surface area (Å²) in [7, 11) is 1.69. The Bertz CT molecular complexity index is 1120. The highest BCUT2D eigenvalue weighted by Crippen LogP contribution is 2.27. The number of likely N-dealkylation sites (N-methyl/N-ethyl adjacent to an activating group) is 1. The van der Waals surface area contributed by atoms with E-state index >= 15 is 0 Å². The average Bonchev–Trinajstić information content (AvgIpc) is 3.09. The largest absolute Gasteiger partial charge is 0.494 e. The lowest BCUT2D eigenvalue weighted by Gasteiger charge is -2.29. The van der Waals surface area contributed by atoms with Gasteiger partial charge in [0.05, 0.1) is 17.7 Å². The Morgan fingerprint density at radius 1 is 0.848 bits per heavy atom. The second kappa shape index (κ2) is 9.69. The molecule has 0 bridgehead atoms. The van der Waals surface area contributed by atoms with Gasteiger partial charge in [-0.25, -0.2) is 0 Å². The van der Waals surface area contributed by atoms with Gasteiger partial charge in [-0.15, -0.1) is 0 Å². The van der Waals surface area contributed by atoms with Crippen molar-refractivity contribution in [3.8, 4) is 5.75 Å². The van der Waals surface area contributed by atoms with Gasteiger partial charge in [-0.2, -0.15) is 0 Å². The first kappa shape index (κ1) is 22.3. The van der Waals surface area contributed by atoms with Crippen molar-refractivity contribution in [1.82, 2.24) is 9.80 Å². The van der Waals surface area contributed by atoms with Crippen LogP contribution in [0.5, 0.6) is 5.75 Å². The molecule has 1 heterocycles. The number of imide groups is 1. The molecule has 3 amide bonds. The summed E-state index contributed by atoms with van der Waals surface area (Å²) in [6.07, 6.45) is 0.249. The van der Waals surface area contributed by atoms with Gasteiger partial charge >= 0.3 is 0 Å². The summed E-state index contributed by atoms with van der Waals surface area (Å²) in [5, 5.41) is 0. The molecule has 1 atom stereocenters. The zero-order valence-electron chi connectivity index (χ0n) is 18.7. The normalized spacial score (nSPS) is 13.6. The molecule has 0 radical (unpaired) electrons. The van der Waals surface area contributed by atoms with Crippen molar-refractivity contribution in [2.75, 3.05) is 13.7 Å². The van der Waals surface area contributed by atoms with E-state index in [4.69, 9.17) is 4.74 Å². The SMILES string of the molecule is CCOc1ccc(CN(C)C(=O)C(Cc2ccccc2)N2C(=O)c3ccccc3C2=O)cc1. The fourth-order valence-electron chi connectivity index (χ4n) is 4.08. The van der Waals surface area contributed by atoms with E-state index < -0.39 is 17.9 Å². The van der Waals surface area contributed by atoms with Gasteiger partial charge in [0, 0.05) is 20.0 Å². The minimum absolute atomic E-state index is 0.249. The topological polar surface area (TPSA) is 66.9 Å². The summed E-state index contributed by atoms with van der Waals surface area (Å²) in [6.45, 7) is 2.85. The molecule has 1 unspecified atom stereocenters. The lowest BCUT2D eigenvalue weighted by Crippen LogP contribution is -2.51. The summed E-state index contributed by atoms with van der Waals surface area (Å²) in [4.78, 5) is 42.6. The summed E-state index contributed by atoms with van der Waals surface area (Å²) in [5.41, 5.74) is 2.47. The zero-order valence-corrected chi connectivity index (χ0v) is 18.7. The third-order valence-electron chi connectivity index (χ3n) is 5.72. The van der Waals surface area contributed by atoms with Crippen LogP contribution in [0.3, 0.4) is 0 Å². The number of amides is 3. The van der Waals surface area contributed by atoms with Crippen LogP contribution in [-0.2, 0) is 17.8 Å². The van der Waals surface area contributed by atoms with E-state index in [9.17, 15) is 14.4 Å². The van der Waals surface area contributed by atoms with E-state index in [1.807, 2.05) is 61.5 Å². The third-order valence-corrected chi connectivity index (χ3v) is 5.72. The number of nitrogens with zero attached hydrogens (tertiary/aromatic N) is 2. The van der Waals surface area contributed by atoms with Gasteiger partial charge in [0.2, 0.25) is 5.91 Å². The van der Waals surface area contributed by atoms with Crippen LogP contribution in [-0.4, -0.2) is 47.2 Å². The molecule has 0 saturated carbocycles. The highest BCUT2D eigenvalue weighted by atomic mass is 16.5. The van der Waals surface area contributed by atoms with Crippen LogP contribution in [0, 0.1) is 0 Å². The second-order valence-corrected chi connectivity index (χ2v) is 8.00. The van der Waals surface area contributed by atoms with Crippen LogP contribution in [0.4, 0.5) is 0 Å². The first-order valence-corrected chi connectivity index (χ1v) is 11.0. The molecule has 0 N–H and O–H groups in total. The van der Waals surface area contributed by atoms with Crippen molar-refractivity contribution in [3.05, 3.63) is 101 Å². The van der Waals surface area contributed by atoms with Crippen LogP contribution >= 0.6 is 0 Å². The molecule has 6 heteroatoms. The lowest BCUT2D eigenvalue weighted by atomic mass is 10.0. The Morgan fingerprint density at radius 3 is 2.00 bits per heavy atom. The Morgan fingerprint density at radius 2 is 1.42 bits per heavy atom. The Balaban J connectivity index is 1.60. The van der Waals surface area contributed by atoms with Gasteiger partial charge in [0.25, 0.3) is 11.8 Å². The molecule has 6 nitrogen and oxygen atoms in total. The zero-order chi connectivity index (χ0) is 23.4. The Labute approximate surface area is 193 Å². The summed E-state index contributed by atoms with van der Waals surface area (Å²) in [5.74, 6) is -0.385. The molecule has 4 rings (SSSR count). The number of ether oxygens (including phenoxy) is 1. The van der Waals surface area contributed by atoms with E-state index in [1.54, 1.807) is 36.2 Å². The summed E-state index contributed by atoms with van der Waals surface area (Å²) in [6, 6.07) is 22.7. The summed E-state index contributed by atoms with van der Waals surface area (Å²) >= 11 is 0. The number of fused-ring (bicyclic) bond motifs is 1. The maximum atomic E-state index is 13.6. The molecule has 0 aliphatic carbocycles. The smallest absolute Gasteiger partial charge is 0.262 e. The van der Waals surface area contributed by atoms with E-state index in [0.29, 0.717) is 24.3 Å². The van der Waals surface area contributed by atoms with E-state index in [-0.39, 0.29) is 12.3 Å². The van der Waals surface area contributed by atoms with Crippen molar-refractivity contribution in [2.45, 2.75) is 25.9 Å². The standard InChI is InChI=1S/C27H26N2O4/c1-3-33-21-15-13-20(14-16-21)18-28(2)27(32)24(17-19-9-5-4-6-10-19)29-25(30)22-11-7-8-12-23(22)26(29)31/h4-16,24H,3,17-18H2,1-2H3. The van der Waals surface area contributed by atoms with Crippen molar-refractivity contribution < 1.29 is 19.1 Å². The molecule has 0 spiro atoms. The lowest BCUT2D eigenvalue weighted by molar-refractivity contribution is -0.134. The van der Waals surface area contributed by atoms with E-state index in [2.05, 4.69) is 0 Å². The van der Waals surface area contributed by atoms with Crippen molar-refractivity contribution >= 4 is 17.7 Å². The minimum Gasteiger partial charge on any atom is -0.494 e. The van der Waals surface area contributed by atoms with E-state index in [1.165, 1.54) is 0 Å². The maximum absolute atomic E-state index is 13.6. The number of carbonyl (C=O) groups excluding carboxylic acids is 3. The number of rotatable bonds is 8. The monoisotopic (exact) mass is 442 g/mol. The molecule has 1 aliphatic heterocycles. The highest BCUT2D eigenvalue weighted by molar-refractivity contribution is 6.22. The molecular weight excluding hydrogens is 416 g/mol. The van der Waals surface area contributed by atoms with Crippen LogP contribution in [0.2, 0.25) is 0 Å². The van der Waals surface area contributed by atoms with Gasteiger partial charge in [0.1, 0.15) is 11.8 Å². The first-order valence-electron chi connectivity index (χ1n) is 11.0. The predicted octanol–water partition coefficient (Wildman–Crippen LogP) is 3.95. The van der Waals surface area contributed by atoms with E-state index in [0.717, 1.165) is 21.8 Å². The van der Waals surface area contributed by atoms with Crippen LogP contribution in [0.1, 0.15) is 38.8 Å². The van der Waals surface area contributed by atoms with Crippen LogP contribution in [0.25, 0.3) is 0 Å². The first-order chi connectivity index (χ1) is 16.0. The Hall–Kier alpha value is -3.93. The molecule has 3 aromatic rings. The number of carbonyl (C=O) groups is 3. The molecule has 0 aromatic heterocycles. The fraction of sp³-hybridized carbons (Fsp3) is 0.222. The molecule has 168 valence electrons. The van der Waals surface area contributed by atoms with Crippen molar-refractivity contribution in [1.29, 1.82) is 0 Å². The van der Waals surface area contributed by atoms with Gasteiger partial charge < -0.3 is 9.64 Å². The quantitative estimate of drug-likeness (QED) is 0.496. The number of benzene rings is 3. The van der Waals surface area contributed by atoms with Crippen molar-refractivity contribution in [3.63, 3.8) is 0 Å². The second-order valence-electron chi connectivity index (χ2n) is 8.00. The molecular formula is C27H26N2O4. The van der Waals surface area contributed by atoms with Crippen LogP contribution in [0.15, 0.2) is 78.9 Å². The predicted molar refractivity (Wildman–Crippen MR) is 125 cm³/mol. The Kier molecular flexibility index (Phi) is 6.54. The number of hydrogen-bond donors (Lipinski definition) is 0. The van der Waals surface area contributed by atoms with Crippen molar-refractivity contribution in [2.24, 2.45) is 0 Å². The minimum atomic E-state index is -0.938. The van der Waals surface area contributed by atoms with Gasteiger partial charge in [-0.3, -0.25) is 19.3 Å². The number of hydrogen-bond acceptors (Lipinski definition) is 4. The van der Waals surface area contributed by atoms with Gasteiger partial charge in [-0.1, -0.05) is 54.6 Å². The highest BCUT2D eigenvalue weighted by Gasteiger charge is 2.43. The average molecular weight is 443 g/mol. The molecule has 1 aliphatic rings. The molecule has 33 heavy (non-hydrogen) atoms. The molecule has 0 saturated heterocycles. The third kappa shape index (κ3) is 4.65. The van der Waals surface area contributed by atoms with Gasteiger partial charge in [0.15, 0.2) is 0 Å². The molecule has 3 aromatic carbocycles. The summed E-state index contributed by atoms with van der Waals surface area (Å²) < 4.78 is 5.48. The molecule has 0 fully saturated rings. The van der Waals surface area contributed by atoms with Gasteiger partial charge in [-0.05, 0) is 42.3 Å².